The second kappa shape index (κ2) is 6.64. The van der Waals surface area contributed by atoms with Crippen molar-refractivity contribution in [2.75, 3.05) is 0 Å². The molecule has 0 atom stereocenters. The molecule has 0 aliphatic rings. The van der Waals surface area contributed by atoms with Gasteiger partial charge in [0.25, 0.3) is 0 Å². The van der Waals surface area contributed by atoms with Crippen molar-refractivity contribution in [1.29, 1.82) is 0 Å². The van der Waals surface area contributed by atoms with Gasteiger partial charge in [0.2, 0.25) is 10.0 Å². The molecule has 2 aromatic rings. The minimum atomic E-state index is -5.18. The average Bonchev–Trinajstić information content (AvgIpc) is 2.47. The van der Waals surface area contributed by atoms with Crippen LogP contribution in [0.2, 0.25) is 0 Å². The number of rotatable bonds is 3. The predicted octanol–water partition coefficient (Wildman–Crippen LogP) is 4.44. The molecule has 2 rings (SSSR count). The molecule has 2 aromatic carbocycles. The maximum absolute atomic E-state index is 13.9. The molecule has 0 radical (unpaired) electrons. The van der Waals surface area contributed by atoms with E-state index in [1.807, 2.05) is 0 Å². The Morgan fingerprint density at radius 2 is 1.26 bits per heavy atom. The van der Waals surface area contributed by atoms with Crippen LogP contribution in [0, 0.1) is 11.6 Å². The van der Waals surface area contributed by atoms with Gasteiger partial charge in [-0.3, -0.25) is 0 Å². The van der Waals surface area contributed by atoms with Crippen molar-refractivity contribution >= 4 is 10.0 Å². The third kappa shape index (κ3) is 4.86. The Kier molecular flexibility index (Phi) is 5.14. The van der Waals surface area contributed by atoms with E-state index in [0.29, 0.717) is 0 Å². The molecule has 0 amide bonds. The zero-order chi connectivity index (χ0) is 20.8. The van der Waals surface area contributed by atoms with E-state index >= 15 is 0 Å². The van der Waals surface area contributed by atoms with Crippen molar-refractivity contribution < 1.29 is 48.3 Å². The van der Waals surface area contributed by atoms with Gasteiger partial charge in [0.15, 0.2) is 11.6 Å². The molecule has 2 N–H and O–H groups in total. The van der Waals surface area contributed by atoms with E-state index in [9.17, 15) is 43.5 Å². The number of nitrogens with two attached hydrogens (primary N) is 1. The van der Waals surface area contributed by atoms with E-state index in [0.717, 1.165) is 0 Å². The molecule has 27 heavy (non-hydrogen) atoms. The van der Waals surface area contributed by atoms with Gasteiger partial charge in [0.1, 0.15) is 16.5 Å². The van der Waals surface area contributed by atoms with E-state index in [1.54, 1.807) is 0 Å². The number of benzene rings is 2. The average molecular weight is 421 g/mol. The summed E-state index contributed by atoms with van der Waals surface area (Å²) in [6.07, 6.45) is -10.4. The molecular weight excluding hydrogens is 414 g/mol. The molecule has 0 saturated heterocycles. The fraction of sp³-hybridized carbons (Fsp3) is 0.143. The predicted molar refractivity (Wildman–Crippen MR) is 74.3 cm³/mol. The zero-order valence-corrected chi connectivity index (χ0v) is 13.4. The smallest absolute Gasteiger partial charge is 0.416 e. The van der Waals surface area contributed by atoms with Crippen molar-refractivity contribution in [3.8, 4) is 11.5 Å². The summed E-state index contributed by atoms with van der Waals surface area (Å²) in [5.74, 6) is -5.44. The molecule has 0 aliphatic carbocycles. The minimum Gasteiger partial charge on any atom is -0.454 e. The molecule has 0 bridgehead atoms. The van der Waals surface area contributed by atoms with Crippen molar-refractivity contribution in [2.45, 2.75) is 17.2 Å². The van der Waals surface area contributed by atoms with E-state index in [2.05, 4.69) is 9.88 Å². The molecule has 0 unspecified atom stereocenters. The summed E-state index contributed by atoms with van der Waals surface area (Å²) in [6.45, 7) is 0. The first kappa shape index (κ1) is 20.9. The van der Waals surface area contributed by atoms with Crippen LogP contribution in [0.5, 0.6) is 11.5 Å². The zero-order valence-electron chi connectivity index (χ0n) is 12.6. The van der Waals surface area contributed by atoms with Gasteiger partial charge in [-0.2, -0.15) is 26.3 Å². The van der Waals surface area contributed by atoms with Crippen LogP contribution in [0.3, 0.4) is 0 Å². The highest BCUT2D eigenvalue weighted by Gasteiger charge is 2.37. The van der Waals surface area contributed by atoms with Crippen molar-refractivity contribution in [2.24, 2.45) is 5.14 Å². The van der Waals surface area contributed by atoms with Crippen molar-refractivity contribution in [3.63, 3.8) is 0 Å². The first-order chi connectivity index (χ1) is 12.1. The molecule has 148 valence electrons. The third-order valence-electron chi connectivity index (χ3n) is 3.08. The van der Waals surface area contributed by atoms with Gasteiger partial charge in [0, 0.05) is 12.1 Å². The van der Waals surface area contributed by atoms with Crippen LogP contribution < -0.4 is 9.88 Å². The van der Waals surface area contributed by atoms with Crippen LogP contribution in [0.25, 0.3) is 0 Å². The van der Waals surface area contributed by atoms with Gasteiger partial charge in [-0.1, -0.05) is 0 Å². The lowest BCUT2D eigenvalue weighted by atomic mass is 10.1. The van der Waals surface area contributed by atoms with E-state index in [1.165, 1.54) is 0 Å². The number of ether oxygens (including phenoxy) is 1. The number of hydrogen-bond donors (Lipinski definition) is 1. The van der Waals surface area contributed by atoms with E-state index < -0.39 is 61.5 Å². The summed E-state index contributed by atoms with van der Waals surface area (Å²) in [5, 5.41) is 4.64. The number of halogens is 8. The van der Waals surface area contributed by atoms with Gasteiger partial charge >= 0.3 is 12.4 Å². The Hall–Kier alpha value is -2.41. The van der Waals surface area contributed by atoms with Crippen molar-refractivity contribution in [1.82, 2.24) is 0 Å². The fourth-order valence-corrected chi connectivity index (χ4v) is 2.52. The first-order valence-corrected chi connectivity index (χ1v) is 8.13. The molecule has 0 aromatic heterocycles. The SMILES string of the molecule is NS(=O)(=O)c1cc(F)c(Oc2cc(C(F)(F)F)cc(C(F)(F)F)c2)cc1F. The van der Waals surface area contributed by atoms with Gasteiger partial charge in [-0.15, -0.1) is 0 Å². The number of primary sulfonamides is 1. The summed E-state index contributed by atoms with van der Waals surface area (Å²) >= 11 is 0. The fourth-order valence-electron chi connectivity index (χ4n) is 1.92. The van der Waals surface area contributed by atoms with E-state index in [-0.39, 0.29) is 30.3 Å². The quantitative estimate of drug-likeness (QED) is 0.745. The lowest BCUT2D eigenvalue weighted by molar-refractivity contribution is -0.143. The summed E-state index contributed by atoms with van der Waals surface area (Å²) < 4.78 is 131. The summed E-state index contributed by atoms with van der Waals surface area (Å²) in [6, 6.07) is 0.301. The van der Waals surface area contributed by atoms with Gasteiger partial charge in [-0.25, -0.2) is 22.3 Å². The number of sulfonamides is 1. The van der Waals surface area contributed by atoms with E-state index in [4.69, 9.17) is 0 Å². The second-order valence-electron chi connectivity index (χ2n) is 5.10. The Morgan fingerprint density at radius 3 is 1.67 bits per heavy atom. The largest absolute Gasteiger partial charge is 0.454 e. The summed E-state index contributed by atoms with van der Waals surface area (Å²) in [4.78, 5) is -1.27. The van der Waals surface area contributed by atoms with Gasteiger partial charge < -0.3 is 4.74 Å². The standard InChI is InChI=1S/C14H7F8NO3S/c15-9-5-12(27(23,24)25)10(16)4-11(9)26-8-2-6(13(17,18)19)1-7(3-8)14(20,21)22/h1-5H,(H2,23,24,25). The minimum absolute atomic E-state index is 0.0816. The lowest BCUT2D eigenvalue weighted by Crippen LogP contribution is -2.14. The summed E-state index contributed by atoms with van der Waals surface area (Å²) in [5.41, 5.74) is -3.48. The molecule has 0 saturated carbocycles. The van der Waals surface area contributed by atoms with Crippen molar-refractivity contribution in [3.05, 3.63) is 53.1 Å². The highest BCUT2D eigenvalue weighted by Crippen LogP contribution is 2.39. The Labute approximate surface area is 146 Å². The molecule has 0 aliphatic heterocycles. The van der Waals surface area contributed by atoms with Crippen LogP contribution in [-0.2, 0) is 22.4 Å². The topological polar surface area (TPSA) is 69.4 Å². The molecule has 0 fully saturated rings. The highest BCUT2D eigenvalue weighted by atomic mass is 32.2. The Morgan fingerprint density at radius 1 is 0.778 bits per heavy atom. The van der Waals surface area contributed by atoms with Gasteiger partial charge in [0.05, 0.1) is 11.1 Å². The van der Waals surface area contributed by atoms with Crippen LogP contribution >= 0.6 is 0 Å². The third-order valence-corrected chi connectivity index (χ3v) is 4.01. The number of alkyl halides is 6. The highest BCUT2D eigenvalue weighted by molar-refractivity contribution is 7.89. The molecule has 0 heterocycles. The van der Waals surface area contributed by atoms with Gasteiger partial charge in [-0.05, 0) is 18.2 Å². The molecule has 13 heteroatoms. The van der Waals surface area contributed by atoms with Crippen LogP contribution in [0.1, 0.15) is 11.1 Å². The summed E-state index contributed by atoms with van der Waals surface area (Å²) in [7, 11) is -4.67. The first-order valence-electron chi connectivity index (χ1n) is 6.58. The normalized spacial score (nSPS) is 12.9. The van der Waals surface area contributed by atoms with Crippen LogP contribution in [-0.4, -0.2) is 8.42 Å². The lowest BCUT2D eigenvalue weighted by Gasteiger charge is -2.15. The molecular formula is C14H7F8NO3S. The monoisotopic (exact) mass is 421 g/mol. The van der Waals surface area contributed by atoms with Crippen LogP contribution in [0.4, 0.5) is 35.1 Å². The number of hydrogen-bond acceptors (Lipinski definition) is 3. The Bertz CT molecular complexity index is 951. The second-order valence-corrected chi connectivity index (χ2v) is 6.63. The molecule has 0 spiro atoms. The molecule has 4 nitrogen and oxygen atoms in total. The van der Waals surface area contributed by atoms with Crippen LogP contribution in [0.15, 0.2) is 35.2 Å². The maximum atomic E-state index is 13.9. The Balaban J connectivity index is 2.56. The maximum Gasteiger partial charge on any atom is 0.416 e.